The minimum Gasteiger partial charge on any atom is -0.468 e. The quantitative estimate of drug-likeness (QED) is 0.513. The molecule has 1 aromatic rings. The van der Waals surface area contributed by atoms with Crippen molar-refractivity contribution in [3.05, 3.63) is 35.4 Å². The van der Waals surface area contributed by atoms with Crippen molar-refractivity contribution in [2.24, 2.45) is 0 Å². The number of hydrogen-bond donors (Lipinski definition) is 1. The summed E-state index contributed by atoms with van der Waals surface area (Å²) in [5.41, 5.74) is 1.62. The molecule has 0 radical (unpaired) electrons. The number of rotatable bonds is 4. The van der Waals surface area contributed by atoms with Gasteiger partial charge in [0, 0.05) is 12.1 Å². The summed E-state index contributed by atoms with van der Waals surface area (Å²) in [6, 6.07) is 7.29. The van der Waals surface area contributed by atoms with E-state index in [4.69, 9.17) is 0 Å². The highest BCUT2D eigenvalue weighted by Gasteiger charge is 2.16. The second-order valence-corrected chi connectivity index (χ2v) is 5.07. The van der Waals surface area contributed by atoms with E-state index in [0.29, 0.717) is 5.56 Å². The van der Waals surface area contributed by atoms with Gasteiger partial charge in [0.1, 0.15) is 3.92 Å². The first-order valence-electron chi connectivity index (χ1n) is 5.11. The van der Waals surface area contributed by atoms with Gasteiger partial charge >= 0.3 is 5.97 Å². The van der Waals surface area contributed by atoms with E-state index >= 15 is 0 Å². The zero-order valence-electron chi connectivity index (χ0n) is 9.70. The maximum absolute atomic E-state index is 11.7. The number of ether oxygens (including phenoxy) is 1. The number of carbonyl (C=O) groups excluding carboxylic acids is 2. The Morgan fingerprint density at radius 1 is 1.47 bits per heavy atom. The first-order chi connectivity index (χ1) is 8.04. The van der Waals surface area contributed by atoms with E-state index in [1.807, 2.05) is 41.6 Å². The van der Waals surface area contributed by atoms with Crippen molar-refractivity contribution in [1.29, 1.82) is 0 Å². The van der Waals surface area contributed by atoms with Crippen molar-refractivity contribution < 1.29 is 14.3 Å². The van der Waals surface area contributed by atoms with Gasteiger partial charge in [-0.25, -0.2) is 0 Å². The molecule has 0 fully saturated rings. The smallest absolute Gasteiger partial charge is 0.320 e. The van der Waals surface area contributed by atoms with E-state index in [0.717, 1.165) is 5.56 Å². The maximum Gasteiger partial charge on any atom is 0.320 e. The molecule has 0 aromatic heterocycles. The predicted molar refractivity (Wildman–Crippen MR) is 73.3 cm³/mol. The fourth-order valence-electron chi connectivity index (χ4n) is 1.28. The molecule has 0 aliphatic heterocycles. The molecule has 0 heterocycles. The topological polar surface area (TPSA) is 55.4 Å². The van der Waals surface area contributed by atoms with E-state index in [2.05, 4.69) is 10.1 Å². The number of hydrogen-bond acceptors (Lipinski definition) is 3. The normalized spacial score (nSPS) is 11.7. The van der Waals surface area contributed by atoms with E-state index in [9.17, 15) is 9.59 Å². The lowest BCUT2D eigenvalue weighted by molar-refractivity contribution is -0.139. The molecular formula is C12H14INO3. The summed E-state index contributed by atoms with van der Waals surface area (Å²) in [5.74, 6) is -0.519. The third-order valence-electron chi connectivity index (χ3n) is 2.18. The molecule has 0 saturated carbocycles. The number of benzene rings is 1. The van der Waals surface area contributed by atoms with Crippen LogP contribution in [0.2, 0.25) is 0 Å². The molecule has 5 heteroatoms. The third kappa shape index (κ3) is 4.33. The standard InChI is InChI=1S/C12H14INO3/c1-8-4-3-5-9(6-8)11(15)14-7-10(13)12(16)17-2/h3-6,10H,7H2,1-2H3,(H,14,15). The molecule has 0 spiro atoms. The van der Waals surface area contributed by atoms with E-state index in [-0.39, 0.29) is 22.3 Å². The van der Waals surface area contributed by atoms with Crippen molar-refractivity contribution >= 4 is 34.5 Å². The lowest BCUT2D eigenvalue weighted by atomic mass is 10.1. The average Bonchev–Trinajstić information content (AvgIpc) is 2.34. The Morgan fingerprint density at radius 3 is 2.76 bits per heavy atom. The minimum absolute atomic E-state index is 0.181. The third-order valence-corrected chi connectivity index (χ3v) is 3.13. The largest absolute Gasteiger partial charge is 0.468 e. The van der Waals surface area contributed by atoms with E-state index < -0.39 is 0 Å². The van der Waals surface area contributed by atoms with Crippen LogP contribution in [0.15, 0.2) is 24.3 Å². The van der Waals surface area contributed by atoms with Gasteiger partial charge in [0.15, 0.2) is 0 Å². The van der Waals surface area contributed by atoms with Crippen molar-refractivity contribution in [2.45, 2.75) is 10.8 Å². The number of halogens is 1. The zero-order chi connectivity index (χ0) is 12.8. The highest BCUT2D eigenvalue weighted by atomic mass is 127. The van der Waals surface area contributed by atoms with Crippen molar-refractivity contribution in [2.75, 3.05) is 13.7 Å². The lowest BCUT2D eigenvalue weighted by Gasteiger charge is -2.09. The fraction of sp³-hybridized carbons (Fsp3) is 0.333. The molecule has 4 nitrogen and oxygen atoms in total. The van der Waals surface area contributed by atoms with Gasteiger partial charge in [-0.15, -0.1) is 0 Å². The van der Waals surface area contributed by atoms with E-state index in [1.54, 1.807) is 12.1 Å². The number of nitrogens with one attached hydrogen (secondary N) is 1. The molecule has 1 atom stereocenters. The van der Waals surface area contributed by atoms with Gasteiger partial charge in [0.2, 0.25) is 0 Å². The van der Waals surface area contributed by atoms with Crippen molar-refractivity contribution in [1.82, 2.24) is 5.32 Å². The number of methoxy groups -OCH3 is 1. The van der Waals surface area contributed by atoms with Crippen LogP contribution in [-0.4, -0.2) is 29.5 Å². The molecule has 0 aliphatic carbocycles. The summed E-state index contributed by atoms with van der Waals surface area (Å²) in [6.45, 7) is 2.19. The van der Waals surface area contributed by atoms with Gasteiger partial charge in [0.05, 0.1) is 7.11 Å². The Hall–Kier alpha value is -1.11. The maximum atomic E-state index is 11.7. The van der Waals surface area contributed by atoms with Gasteiger partial charge in [0.25, 0.3) is 5.91 Å². The number of aryl methyl sites for hydroxylation is 1. The first-order valence-corrected chi connectivity index (χ1v) is 6.36. The minimum atomic E-state index is -0.369. The molecular weight excluding hydrogens is 333 g/mol. The molecule has 0 aliphatic rings. The molecule has 0 saturated heterocycles. The molecule has 1 N–H and O–H groups in total. The average molecular weight is 347 g/mol. The second-order valence-electron chi connectivity index (χ2n) is 3.57. The summed E-state index contributed by atoms with van der Waals surface area (Å²) in [6.07, 6.45) is 0. The van der Waals surface area contributed by atoms with Crippen LogP contribution in [0.4, 0.5) is 0 Å². The van der Waals surface area contributed by atoms with Crippen molar-refractivity contribution in [3.8, 4) is 0 Å². The lowest BCUT2D eigenvalue weighted by Crippen LogP contribution is -2.33. The van der Waals surface area contributed by atoms with Crippen LogP contribution in [0, 0.1) is 6.92 Å². The monoisotopic (exact) mass is 347 g/mol. The van der Waals surface area contributed by atoms with Crippen LogP contribution in [0.25, 0.3) is 0 Å². The highest BCUT2D eigenvalue weighted by molar-refractivity contribution is 14.1. The van der Waals surface area contributed by atoms with Gasteiger partial charge in [-0.3, -0.25) is 9.59 Å². The van der Waals surface area contributed by atoms with Gasteiger partial charge in [-0.2, -0.15) is 0 Å². The Bertz CT molecular complexity index is 420. The van der Waals surface area contributed by atoms with Crippen molar-refractivity contribution in [3.63, 3.8) is 0 Å². The number of amides is 1. The number of esters is 1. The van der Waals surface area contributed by atoms with Crippen LogP contribution in [-0.2, 0) is 9.53 Å². The highest BCUT2D eigenvalue weighted by Crippen LogP contribution is 2.05. The Morgan fingerprint density at radius 2 is 2.18 bits per heavy atom. The van der Waals surface area contributed by atoms with Crippen LogP contribution < -0.4 is 5.32 Å². The van der Waals surface area contributed by atoms with Gasteiger partial charge in [-0.1, -0.05) is 40.3 Å². The SMILES string of the molecule is COC(=O)C(I)CNC(=O)c1cccc(C)c1. The Kier molecular flexibility index (Phi) is 5.40. The van der Waals surface area contributed by atoms with Gasteiger partial charge in [-0.05, 0) is 19.1 Å². The summed E-state index contributed by atoms with van der Waals surface area (Å²) in [4.78, 5) is 22.9. The Labute approximate surface area is 114 Å². The Balaban J connectivity index is 2.53. The van der Waals surface area contributed by atoms with Crippen LogP contribution >= 0.6 is 22.6 Å². The molecule has 1 unspecified atom stereocenters. The summed E-state index contributed by atoms with van der Waals surface area (Å²) < 4.78 is 4.20. The first kappa shape index (κ1) is 14.0. The molecule has 17 heavy (non-hydrogen) atoms. The fourth-order valence-corrected chi connectivity index (χ4v) is 1.76. The molecule has 1 rings (SSSR count). The summed E-state index contributed by atoms with van der Waals surface area (Å²) >= 11 is 1.94. The zero-order valence-corrected chi connectivity index (χ0v) is 11.9. The van der Waals surface area contributed by atoms with Crippen LogP contribution in [0.5, 0.6) is 0 Å². The molecule has 1 aromatic carbocycles. The molecule has 0 bridgehead atoms. The van der Waals surface area contributed by atoms with Crippen LogP contribution in [0.1, 0.15) is 15.9 Å². The predicted octanol–water partition coefficient (Wildman–Crippen LogP) is 1.70. The summed E-state index contributed by atoms with van der Waals surface area (Å²) in [7, 11) is 1.33. The number of alkyl halides is 1. The number of carbonyl (C=O) groups is 2. The summed E-state index contributed by atoms with van der Waals surface area (Å²) in [5, 5.41) is 2.69. The molecule has 1 amide bonds. The van der Waals surface area contributed by atoms with Crippen LogP contribution in [0.3, 0.4) is 0 Å². The molecule has 92 valence electrons. The van der Waals surface area contributed by atoms with E-state index in [1.165, 1.54) is 7.11 Å². The van der Waals surface area contributed by atoms with Gasteiger partial charge < -0.3 is 10.1 Å². The second kappa shape index (κ2) is 6.58.